The predicted octanol–water partition coefficient (Wildman–Crippen LogP) is 5.69. The smallest absolute Gasteiger partial charge is 0.252 e. The number of aromatic amines is 1. The topological polar surface area (TPSA) is 79.7 Å². The van der Waals surface area contributed by atoms with Crippen molar-refractivity contribution in [3.63, 3.8) is 0 Å². The lowest BCUT2D eigenvalue weighted by Crippen LogP contribution is -2.37. The van der Waals surface area contributed by atoms with Gasteiger partial charge in [-0.1, -0.05) is 63.1 Å². The first kappa shape index (κ1) is 25.3. The molecule has 1 aliphatic carbocycles. The monoisotopic (exact) mass is 498 g/mol. The maximum absolute atomic E-state index is 13.3. The third kappa shape index (κ3) is 5.52. The molecule has 7 nitrogen and oxygen atoms in total. The fourth-order valence-electron chi connectivity index (χ4n) is 5.97. The van der Waals surface area contributed by atoms with Gasteiger partial charge >= 0.3 is 0 Å². The number of hydrogen-bond acceptors (Lipinski definition) is 5. The summed E-state index contributed by atoms with van der Waals surface area (Å²) in [6.07, 6.45) is 5.57. The second-order valence-electron chi connectivity index (χ2n) is 11.0. The third-order valence-electron chi connectivity index (χ3n) is 7.77. The van der Waals surface area contributed by atoms with Gasteiger partial charge in [0, 0.05) is 29.6 Å². The number of pyridine rings is 1. The highest BCUT2D eigenvalue weighted by Gasteiger charge is 2.32. The van der Waals surface area contributed by atoms with Crippen LogP contribution in [-0.4, -0.2) is 36.6 Å². The van der Waals surface area contributed by atoms with Gasteiger partial charge in [-0.25, -0.2) is 4.68 Å². The number of aromatic nitrogens is 5. The van der Waals surface area contributed by atoms with Gasteiger partial charge < -0.3 is 4.98 Å². The van der Waals surface area contributed by atoms with Gasteiger partial charge in [-0.15, -0.1) is 5.10 Å². The molecule has 2 aromatic heterocycles. The molecule has 194 valence electrons. The van der Waals surface area contributed by atoms with E-state index >= 15 is 0 Å². The van der Waals surface area contributed by atoms with Crippen LogP contribution < -0.4 is 5.56 Å². The molecule has 1 aliphatic rings. The zero-order valence-corrected chi connectivity index (χ0v) is 22.4. The molecule has 2 heterocycles. The van der Waals surface area contributed by atoms with Gasteiger partial charge in [-0.2, -0.15) is 0 Å². The number of H-pyrrole nitrogens is 1. The first-order valence-corrected chi connectivity index (χ1v) is 13.6. The van der Waals surface area contributed by atoms with Crippen molar-refractivity contribution in [1.29, 1.82) is 0 Å². The maximum atomic E-state index is 13.3. The number of nitrogens with zero attached hydrogens (tertiary/aromatic N) is 5. The van der Waals surface area contributed by atoms with Crippen molar-refractivity contribution >= 4 is 10.9 Å². The van der Waals surface area contributed by atoms with E-state index in [1.54, 1.807) is 0 Å². The summed E-state index contributed by atoms with van der Waals surface area (Å²) in [4.78, 5) is 18.9. The molecule has 1 N–H and O–H groups in total. The van der Waals surface area contributed by atoms with E-state index in [1.807, 2.05) is 12.1 Å². The molecule has 1 saturated carbocycles. The highest BCUT2D eigenvalue weighted by molar-refractivity contribution is 5.83. The van der Waals surface area contributed by atoms with Crippen LogP contribution in [0.3, 0.4) is 0 Å². The molecular weight excluding hydrogens is 460 g/mol. The molecule has 0 amide bonds. The molecule has 0 saturated heterocycles. The molecular formula is C30H38N6O. The Labute approximate surface area is 218 Å². The summed E-state index contributed by atoms with van der Waals surface area (Å²) in [7, 11) is 0. The van der Waals surface area contributed by atoms with Crippen molar-refractivity contribution in [2.45, 2.75) is 78.4 Å². The van der Waals surface area contributed by atoms with E-state index in [0.29, 0.717) is 12.6 Å². The summed E-state index contributed by atoms with van der Waals surface area (Å²) in [6.45, 7) is 9.96. The summed E-state index contributed by atoms with van der Waals surface area (Å²) < 4.78 is 2.07. The third-order valence-corrected chi connectivity index (χ3v) is 7.77. The van der Waals surface area contributed by atoms with E-state index in [2.05, 4.69) is 94.2 Å². The zero-order chi connectivity index (χ0) is 25.9. The molecule has 1 atom stereocenters. The Bertz CT molecular complexity index is 1400. The lowest BCUT2D eigenvalue weighted by molar-refractivity contribution is 0.133. The average Bonchev–Trinajstić information content (AvgIpc) is 3.56. The summed E-state index contributed by atoms with van der Waals surface area (Å²) in [5.74, 6) is 1.19. The second-order valence-corrected chi connectivity index (χ2v) is 11.0. The van der Waals surface area contributed by atoms with Crippen LogP contribution in [-0.2, 0) is 13.0 Å². The molecule has 0 radical (unpaired) electrons. The highest BCUT2D eigenvalue weighted by Crippen LogP contribution is 2.35. The molecule has 1 fully saturated rings. The molecule has 0 bridgehead atoms. The Kier molecular flexibility index (Phi) is 7.51. The first-order valence-electron chi connectivity index (χ1n) is 13.6. The van der Waals surface area contributed by atoms with E-state index in [1.165, 1.54) is 24.0 Å². The summed E-state index contributed by atoms with van der Waals surface area (Å²) in [6, 6.07) is 17.2. The van der Waals surface area contributed by atoms with Gasteiger partial charge in [0.05, 0.1) is 12.1 Å². The molecule has 0 spiro atoms. The van der Waals surface area contributed by atoms with Crippen LogP contribution in [0.5, 0.6) is 0 Å². The van der Waals surface area contributed by atoms with Crippen LogP contribution in [0.2, 0.25) is 0 Å². The molecule has 4 aromatic rings. The number of nitrogens with one attached hydrogen (secondary N) is 1. The quantitative estimate of drug-likeness (QED) is 0.321. The molecule has 7 heteroatoms. The maximum Gasteiger partial charge on any atom is 0.252 e. The molecule has 0 unspecified atom stereocenters. The second kappa shape index (κ2) is 11.0. The van der Waals surface area contributed by atoms with Crippen molar-refractivity contribution in [2.24, 2.45) is 5.92 Å². The van der Waals surface area contributed by atoms with E-state index in [0.717, 1.165) is 53.7 Å². The van der Waals surface area contributed by atoms with Crippen LogP contribution in [0.25, 0.3) is 10.9 Å². The summed E-state index contributed by atoms with van der Waals surface area (Å²) >= 11 is 0. The fraction of sp³-hybridized carbons (Fsp3) is 0.467. The van der Waals surface area contributed by atoms with Crippen LogP contribution >= 0.6 is 0 Å². The number of aryl methyl sites for hydroxylation is 2. The van der Waals surface area contributed by atoms with E-state index in [-0.39, 0.29) is 17.5 Å². The van der Waals surface area contributed by atoms with Crippen molar-refractivity contribution in [3.8, 4) is 0 Å². The van der Waals surface area contributed by atoms with Crippen molar-refractivity contribution < 1.29 is 0 Å². The number of tetrazole rings is 1. The molecule has 2 aromatic carbocycles. The number of hydrogen-bond donors (Lipinski definition) is 1. The van der Waals surface area contributed by atoms with E-state index in [9.17, 15) is 4.79 Å². The highest BCUT2D eigenvalue weighted by atomic mass is 16.1. The largest absolute Gasteiger partial charge is 0.322 e. The van der Waals surface area contributed by atoms with Crippen molar-refractivity contribution in [2.75, 3.05) is 6.54 Å². The minimum absolute atomic E-state index is 0.00600. The lowest BCUT2D eigenvalue weighted by Gasteiger charge is -2.34. The number of benzene rings is 2. The van der Waals surface area contributed by atoms with Gasteiger partial charge in [0.15, 0.2) is 5.82 Å². The van der Waals surface area contributed by atoms with Gasteiger partial charge in [0.2, 0.25) is 0 Å². The van der Waals surface area contributed by atoms with Gasteiger partial charge in [0.1, 0.15) is 0 Å². The Morgan fingerprint density at radius 3 is 2.57 bits per heavy atom. The molecule has 5 rings (SSSR count). The number of rotatable bonds is 9. The lowest BCUT2D eigenvalue weighted by atomic mass is 9.98. The van der Waals surface area contributed by atoms with Crippen LogP contribution in [0.4, 0.5) is 0 Å². The van der Waals surface area contributed by atoms with E-state index < -0.39 is 0 Å². The average molecular weight is 499 g/mol. The Balaban J connectivity index is 1.53. The van der Waals surface area contributed by atoms with E-state index in [4.69, 9.17) is 0 Å². The van der Waals surface area contributed by atoms with Gasteiger partial charge in [-0.05, 0) is 78.3 Å². The Morgan fingerprint density at radius 1 is 1.08 bits per heavy atom. The number of fused-ring (bicyclic) bond motifs is 1. The van der Waals surface area contributed by atoms with Gasteiger partial charge in [-0.3, -0.25) is 9.69 Å². The normalized spacial score (nSPS) is 15.3. The molecule has 37 heavy (non-hydrogen) atoms. The molecule has 0 aliphatic heterocycles. The standard InChI is InChI=1S/C30H38N6O/c1-20(2)28(29-32-33-34-36(29)25-12-8-9-13-25)35(15-14-23-10-6-5-7-11-23)19-24-18-26-22(4)16-21(3)17-27(26)31-30(24)37/h5-7,10-11,16-18,20,25,28H,8-9,12-15,19H2,1-4H3,(H,31,37)/t28-/m1/s1. The van der Waals surface area contributed by atoms with Crippen molar-refractivity contribution in [1.82, 2.24) is 30.1 Å². The van der Waals surface area contributed by atoms with Crippen molar-refractivity contribution in [3.05, 3.63) is 87.0 Å². The van der Waals surface area contributed by atoms with Crippen LogP contribution in [0, 0.1) is 19.8 Å². The minimum atomic E-state index is -0.0277. The van der Waals surface area contributed by atoms with Crippen LogP contribution in [0.15, 0.2) is 53.3 Å². The summed E-state index contributed by atoms with van der Waals surface area (Å²) in [5, 5.41) is 14.2. The Morgan fingerprint density at radius 2 is 1.84 bits per heavy atom. The fourth-order valence-corrected chi connectivity index (χ4v) is 5.97. The minimum Gasteiger partial charge on any atom is -0.322 e. The summed E-state index contributed by atoms with van der Waals surface area (Å²) in [5.41, 5.74) is 5.25. The van der Waals surface area contributed by atoms with Gasteiger partial charge in [0.25, 0.3) is 5.56 Å². The SMILES string of the molecule is Cc1cc(C)c2cc(CN(CCc3ccccc3)[C@@H](c3nnnn3C3CCCC3)C(C)C)c(=O)[nH]c2c1. The predicted molar refractivity (Wildman–Crippen MR) is 147 cm³/mol. The Hall–Kier alpha value is -3.32. The van der Waals surface area contributed by atoms with Crippen LogP contribution in [0.1, 0.15) is 79.7 Å². The first-order chi connectivity index (χ1) is 17.9. The zero-order valence-electron chi connectivity index (χ0n) is 22.4.